The summed E-state index contributed by atoms with van der Waals surface area (Å²) in [5.41, 5.74) is -0.968. The molecule has 0 radical (unpaired) electrons. The van der Waals surface area contributed by atoms with Crippen molar-refractivity contribution < 1.29 is 23.9 Å². The van der Waals surface area contributed by atoms with E-state index in [9.17, 15) is 14.4 Å². The maximum atomic E-state index is 11.9. The SMILES string of the molecule is C=C(C)C(=O)NC(CCNC(=O)OC(C)(C)C)NC(=O)OC(C)(C)C. The lowest BCUT2D eigenvalue weighted by molar-refractivity contribution is -0.118. The van der Waals surface area contributed by atoms with E-state index in [1.165, 1.54) is 0 Å². The van der Waals surface area contributed by atoms with Crippen LogP contribution in [0.25, 0.3) is 0 Å². The van der Waals surface area contributed by atoms with Gasteiger partial charge in [-0.3, -0.25) is 4.79 Å². The van der Waals surface area contributed by atoms with Crippen LogP contribution in [0.5, 0.6) is 0 Å². The van der Waals surface area contributed by atoms with Gasteiger partial charge >= 0.3 is 12.2 Å². The molecule has 0 bridgehead atoms. The molecule has 3 N–H and O–H groups in total. The number of amides is 3. The molecule has 0 spiro atoms. The molecule has 0 aromatic carbocycles. The highest BCUT2D eigenvalue weighted by molar-refractivity contribution is 5.92. The number of ether oxygens (including phenoxy) is 2. The van der Waals surface area contributed by atoms with Crippen LogP contribution in [0.15, 0.2) is 12.2 Å². The molecule has 8 heteroatoms. The number of hydrogen-bond acceptors (Lipinski definition) is 5. The highest BCUT2D eigenvalue weighted by Crippen LogP contribution is 2.08. The van der Waals surface area contributed by atoms with E-state index in [4.69, 9.17) is 9.47 Å². The van der Waals surface area contributed by atoms with Crippen molar-refractivity contribution >= 4 is 18.1 Å². The molecule has 0 heterocycles. The van der Waals surface area contributed by atoms with Gasteiger partial charge in [-0.25, -0.2) is 9.59 Å². The number of nitrogens with one attached hydrogen (secondary N) is 3. The smallest absolute Gasteiger partial charge is 0.409 e. The van der Waals surface area contributed by atoms with Crippen molar-refractivity contribution in [1.29, 1.82) is 0 Å². The summed E-state index contributed by atoms with van der Waals surface area (Å²) in [5.74, 6) is -0.404. The maximum Gasteiger partial charge on any atom is 0.409 e. The summed E-state index contributed by atoms with van der Waals surface area (Å²) >= 11 is 0. The standard InChI is InChI=1S/C17H31N3O5/c1-11(2)13(21)19-12(20-15(23)25-17(6,7)8)9-10-18-14(22)24-16(3,4)5/h12H,1,9-10H2,2-8H3,(H,18,22)(H,19,21)(H,20,23). The van der Waals surface area contributed by atoms with Crippen LogP contribution >= 0.6 is 0 Å². The molecule has 1 unspecified atom stereocenters. The first kappa shape index (κ1) is 22.8. The van der Waals surface area contributed by atoms with E-state index < -0.39 is 35.5 Å². The maximum absolute atomic E-state index is 11.9. The van der Waals surface area contributed by atoms with Gasteiger partial charge in [0.2, 0.25) is 5.91 Å². The lowest BCUT2D eigenvalue weighted by atomic mass is 10.2. The molecule has 0 saturated carbocycles. The Morgan fingerprint density at radius 2 is 1.40 bits per heavy atom. The van der Waals surface area contributed by atoms with Gasteiger partial charge in [0.1, 0.15) is 17.4 Å². The van der Waals surface area contributed by atoms with Crippen molar-refractivity contribution in [2.45, 2.75) is 72.3 Å². The normalized spacial score (nSPS) is 12.6. The van der Waals surface area contributed by atoms with Gasteiger partial charge in [-0.15, -0.1) is 0 Å². The van der Waals surface area contributed by atoms with E-state index in [0.29, 0.717) is 5.57 Å². The molecular formula is C17H31N3O5. The number of rotatable bonds is 6. The first-order valence-corrected chi connectivity index (χ1v) is 8.12. The fourth-order valence-corrected chi connectivity index (χ4v) is 1.54. The Morgan fingerprint density at radius 1 is 0.920 bits per heavy atom. The third-order valence-corrected chi connectivity index (χ3v) is 2.49. The minimum Gasteiger partial charge on any atom is -0.444 e. The average Bonchev–Trinajstić information content (AvgIpc) is 2.33. The van der Waals surface area contributed by atoms with E-state index in [1.807, 2.05) is 0 Å². The average molecular weight is 357 g/mol. The molecule has 1 atom stereocenters. The van der Waals surface area contributed by atoms with Crippen LogP contribution in [0.2, 0.25) is 0 Å². The molecule has 25 heavy (non-hydrogen) atoms. The lowest BCUT2D eigenvalue weighted by Crippen LogP contribution is -2.51. The highest BCUT2D eigenvalue weighted by Gasteiger charge is 2.21. The second kappa shape index (κ2) is 9.29. The van der Waals surface area contributed by atoms with Gasteiger partial charge in [0, 0.05) is 18.5 Å². The summed E-state index contributed by atoms with van der Waals surface area (Å²) in [6, 6.07) is 0. The summed E-state index contributed by atoms with van der Waals surface area (Å²) in [6.07, 6.45) is -1.72. The Labute approximate surface area is 149 Å². The van der Waals surface area contributed by atoms with E-state index in [1.54, 1.807) is 48.5 Å². The summed E-state index contributed by atoms with van der Waals surface area (Å²) in [4.78, 5) is 35.3. The largest absolute Gasteiger partial charge is 0.444 e. The fourth-order valence-electron chi connectivity index (χ4n) is 1.54. The number of carbonyl (C=O) groups excluding carboxylic acids is 3. The molecule has 144 valence electrons. The summed E-state index contributed by atoms with van der Waals surface area (Å²) in [5, 5.41) is 7.73. The summed E-state index contributed by atoms with van der Waals surface area (Å²) in [6.45, 7) is 15.8. The van der Waals surface area contributed by atoms with Crippen LogP contribution < -0.4 is 16.0 Å². The Hall–Kier alpha value is -2.25. The molecule has 0 fully saturated rings. The van der Waals surface area contributed by atoms with Gasteiger partial charge < -0.3 is 25.4 Å². The van der Waals surface area contributed by atoms with Crippen LogP contribution in [-0.2, 0) is 14.3 Å². The summed E-state index contributed by atoms with van der Waals surface area (Å²) < 4.78 is 10.3. The topological polar surface area (TPSA) is 106 Å². The van der Waals surface area contributed by atoms with Crippen LogP contribution in [0.1, 0.15) is 54.9 Å². The molecule has 0 rings (SSSR count). The third kappa shape index (κ3) is 12.8. The van der Waals surface area contributed by atoms with Crippen LogP contribution in [0.4, 0.5) is 9.59 Å². The molecular weight excluding hydrogens is 326 g/mol. The van der Waals surface area contributed by atoms with Crippen molar-refractivity contribution in [3.8, 4) is 0 Å². The van der Waals surface area contributed by atoms with Gasteiger partial charge in [-0.1, -0.05) is 6.58 Å². The first-order chi connectivity index (χ1) is 11.2. The van der Waals surface area contributed by atoms with E-state index in [0.717, 1.165) is 0 Å². The second-order valence-electron chi connectivity index (χ2n) is 7.67. The molecule has 0 aliphatic rings. The number of carbonyl (C=O) groups is 3. The molecule has 0 aliphatic carbocycles. The zero-order valence-electron chi connectivity index (χ0n) is 16.2. The minimum absolute atomic E-state index is 0.186. The molecule has 0 aliphatic heterocycles. The Balaban J connectivity index is 4.64. The van der Waals surface area contributed by atoms with Gasteiger partial charge in [0.25, 0.3) is 0 Å². The predicted molar refractivity (Wildman–Crippen MR) is 95.0 cm³/mol. The van der Waals surface area contributed by atoms with E-state index in [2.05, 4.69) is 22.5 Å². The highest BCUT2D eigenvalue weighted by atomic mass is 16.6. The van der Waals surface area contributed by atoms with Gasteiger partial charge in [0.15, 0.2) is 0 Å². The minimum atomic E-state index is -0.728. The zero-order valence-corrected chi connectivity index (χ0v) is 16.2. The van der Waals surface area contributed by atoms with Gasteiger partial charge in [0.05, 0.1) is 0 Å². The lowest BCUT2D eigenvalue weighted by Gasteiger charge is -2.25. The number of hydrogen-bond donors (Lipinski definition) is 3. The van der Waals surface area contributed by atoms with Gasteiger partial charge in [-0.2, -0.15) is 0 Å². The van der Waals surface area contributed by atoms with Gasteiger partial charge in [-0.05, 0) is 48.5 Å². The molecule has 3 amide bonds. The van der Waals surface area contributed by atoms with Crippen molar-refractivity contribution in [3.63, 3.8) is 0 Å². The fraction of sp³-hybridized carbons (Fsp3) is 0.706. The number of alkyl carbamates (subject to hydrolysis) is 2. The van der Waals surface area contributed by atoms with Crippen molar-refractivity contribution in [3.05, 3.63) is 12.2 Å². The Bertz CT molecular complexity index is 503. The molecule has 0 aromatic rings. The van der Waals surface area contributed by atoms with E-state index >= 15 is 0 Å². The van der Waals surface area contributed by atoms with Crippen molar-refractivity contribution in [2.24, 2.45) is 0 Å². The van der Waals surface area contributed by atoms with E-state index in [-0.39, 0.29) is 13.0 Å². The molecule has 8 nitrogen and oxygen atoms in total. The monoisotopic (exact) mass is 357 g/mol. The predicted octanol–water partition coefficient (Wildman–Crippen LogP) is 2.44. The second-order valence-corrected chi connectivity index (χ2v) is 7.67. The van der Waals surface area contributed by atoms with Crippen LogP contribution in [0.3, 0.4) is 0 Å². The van der Waals surface area contributed by atoms with Crippen molar-refractivity contribution in [2.75, 3.05) is 6.54 Å². The first-order valence-electron chi connectivity index (χ1n) is 8.12. The molecule has 0 aromatic heterocycles. The van der Waals surface area contributed by atoms with Crippen LogP contribution in [-0.4, -0.2) is 42.0 Å². The Kier molecular flexibility index (Phi) is 8.45. The van der Waals surface area contributed by atoms with Crippen molar-refractivity contribution in [1.82, 2.24) is 16.0 Å². The Morgan fingerprint density at radius 3 is 1.84 bits per heavy atom. The van der Waals surface area contributed by atoms with Crippen LogP contribution in [0, 0.1) is 0 Å². The summed E-state index contributed by atoms with van der Waals surface area (Å²) in [7, 11) is 0. The molecule has 0 saturated heterocycles. The zero-order chi connectivity index (χ0) is 19.8. The quantitative estimate of drug-likeness (QED) is 0.500. The third-order valence-electron chi connectivity index (χ3n) is 2.49.